The average Bonchev–Trinajstić information content (AvgIpc) is 3.20. The van der Waals surface area contributed by atoms with Crippen molar-refractivity contribution in [2.75, 3.05) is 26.2 Å². The number of rotatable bonds is 5. The highest BCUT2D eigenvalue weighted by molar-refractivity contribution is 7.89. The summed E-state index contributed by atoms with van der Waals surface area (Å²) in [6, 6.07) is 9.03. The Labute approximate surface area is 165 Å². The summed E-state index contributed by atoms with van der Waals surface area (Å²) < 4.78 is 27.1. The molecular weight excluding hydrogens is 380 g/mol. The van der Waals surface area contributed by atoms with Crippen molar-refractivity contribution in [3.8, 4) is 0 Å². The zero-order valence-corrected chi connectivity index (χ0v) is 17.2. The fraction of sp³-hybridized carbons (Fsp3) is 0.350. The molecule has 2 heterocycles. The second-order valence-corrected chi connectivity index (χ2v) is 9.56. The SMILES string of the molecule is CC(C)c1ccc(S(=O)(=O)N2CCN(C(=O)C=Cc3ccsc3)CC2)cc1. The highest BCUT2D eigenvalue weighted by Crippen LogP contribution is 2.21. The molecule has 0 aliphatic carbocycles. The van der Waals surface area contributed by atoms with E-state index in [1.54, 1.807) is 40.5 Å². The van der Waals surface area contributed by atoms with Crippen LogP contribution in [-0.4, -0.2) is 49.7 Å². The largest absolute Gasteiger partial charge is 0.337 e. The minimum Gasteiger partial charge on any atom is -0.337 e. The Morgan fingerprint density at radius 3 is 2.30 bits per heavy atom. The zero-order valence-electron chi connectivity index (χ0n) is 15.5. The fourth-order valence-electron chi connectivity index (χ4n) is 2.97. The van der Waals surface area contributed by atoms with Gasteiger partial charge in [-0.15, -0.1) is 0 Å². The van der Waals surface area contributed by atoms with Gasteiger partial charge in [0.25, 0.3) is 0 Å². The van der Waals surface area contributed by atoms with E-state index in [9.17, 15) is 13.2 Å². The van der Waals surface area contributed by atoms with Crippen molar-refractivity contribution in [1.82, 2.24) is 9.21 Å². The predicted molar refractivity (Wildman–Crippen MR) is 109 cm³/mol. The first-order chi connectivity index (χ1) is 12.9. The molecular formula is C20H24N2O3S2. The first-order valence-electron chi connectivity index (χ1n) is 8.97. The number of piperazine rings is 1. The number of carbonyl (C=O) groups excluding carboxylic acids is 1. The normalized spacial score (nSPS) is 16.3. The monoisotopic (exact) mass is 404 g/mol. The van der Waals surface area contributed by atoms with Gasteiger partial charge in [-0.25, -0.2) is 8.42 Å². The molecule has 1 fully saturated rings. The van der Waals surface area contributed by atoms with Gasteiger partial charge in [0.2, 0.25) is 15.9 Å². The quantitative estimate of drug-likeness (QED) is 0.718. The van der Waals surface area contributed by atoms with Gasteiger partial charge in [-0.05, 0) is 52.1 Å². The number of hydrogen-bond acceptors (Lipinski definition) is 4. The van der Waals surface area contributed by atoms with Crippen LogP contribution in [0.15, 0.2) is 52.1 Å². The number of nitrogens with zero attached hydrogens (tertiary/aromatic N) is 2. The molecule has 1 aromatic heterocycles. The van der Waals surface area contributed by atoms with Gasteiger partial charge >= 0.3 is 0 Å². The minimum absolute atomic E-state index is 0.0838. The van der Waals surface area contributed by atoms with Crippen molar-refractivity contribution < 1.29 is 13.2 Å². The maximum Gasteiger partial charge on any atom is 0.246 e. The van der Waals surface area contributed by atoms with E-state index >= 15 is 0 Å². The molecule has 1 amide bonds. The molecule has 144 valence electrons. The highest BCUT2D eigenvalue weighted by atomic mass is 32.2. The first kappa shape index (κ1) is 19.8. The van der Waals surface area contributed by atoms with E-state index in [0.29, 0.717) is 37.0 Å². The van der Waals surface area contributed by atoms with Gasteiger partial charge in [-0.1, -0.05) is 26.0 Å². The smallest absolute Gasteiger partial charge is 0.246 e. The Morgan fingerprint density at radius 1 is 1.07 bits per heavy atom. The molecule has 0 radical (unpaired) electrons. The Hall–Kier alpha value is -1.96. The summed E-state index contributed by atoms with van der Waals surface area (Å²) in [4.78, 5) is 14.3. The van der Waals surface area contributed by atoms with Gasteiger partial charge < -0.3 is 4.90 Å². The topological polar surface area (TPSA) is 57.7 Å². The summed E-state index contributed by atoms with van der Waals surface area (Å²) in [5.41, 5.74) is 2.11. The molecule has 2 aromatic rings. The third-order valence-corrected chi connectivity index (χ3v) is 7.31. The summed E-state index contributed by atoms with van der Waals surface area (Å²) in [7, 11) is -3.52. The van der Waals surface area contributed by atoms with Gasteiger partial charge in [0, 0.05) is 32.3 Å². The maximum atomic E-state index is 12.8. The van der Waals surface area contributed by atoms with E-state index in [0.717, 1.165) is 11.1 Å². The van der Waals surface area contributed by atoms with Crippen molar-refractivity contribution in [2.24, 2.45) is 0 Å². The third-order valence-electron chi connectivity index (χ3n) is 4.70. The molecule has 0 unspecified atom stereocenters. The Bertz CT molecular complexity index is 893. The van der Waals surface area contributed by atoms with Crippen LogP contribution in [0, 0.1) is 0 Å². The van der Waals surface area contributed by atoms with Crippen LogP contribution in [-0.2, 0) is 14.8 Å². The zero-order chi connectivity index (χ0) is 19.4. The lowest BCUT2D eigenvalue weighted by atomic mass is 10.0. The molecule has 1 saturated heterocycles. The summed E-state index contributed by atoms with van der Waals surface area (Å²) in [5.74, 6) is 0.276. The van der Waals surface area contributed by atoms with E-state index in [-0.39, 0.29) is 5.91 Å². The van der Waals surface area contributed by atoms with Gasteiger partial charge in [0.15, 0.2) is 0 Å². The molecule has 27 heavy (non-hydrogen) atoms. The molecule has 5 nitrogen and oxygen atoms in total. The maximum absolute atomic E-state index is 12.8. The Morgan fingerprint density at radius 2 is 1.74 bits per heavy atom. The van der Waals surface area contributed by atoms with Crippen LogP contribution in [0.5, 0.6) is 0 Å². The molecule has 0 N–H and O–H groups in total. The van der Waals surface area contributed by atoms with Crippen LogP contribution in [0.3, 0.4) is 0 Å². The number of amides is 1. The summed E-state index contributed by atoms with van der Waals surface area (Å²) in [5, 5.41) is 3.93. The third kappa shape index (κ3) is 4.66. The van der Waals surface area contributed by atoms with E-state index in [2.05, 4.69) is 13.8 Å². The first-order valence-corrected chi connectivity index (χ1v) is 11.4. The summed E-state index contributed by atoms with van der Waals surface area (Å²) >= 11 is 1.58. The van der Waals surface area contributed by atoms with Crippen LogP contribution in [0.1, 0.15) is 30.9 Å². The Kier molecular flexibility index (Phi) is 6.14. The molecule has 7 heteroatoms. The lowest BCUT2D eigenvalue weighted by Crippen LogP contribution is -2.50. The van der Waals surface area contributed by atoms with Gasteiger partial charge in [0.1, 0.15) is 0 Å². The standard InChI is InChI=1S/C20H24N2O3S2/c1-16(2)18-4-6-19(7-5-18)27(24,25)22-12-10-21(11-13-22)20(23)8-3-17-9-14-26-15-17/h3-9,14-16H,10-13H2,1-2H3. The van der Waals surface area contributed by atoms with E-state index in [1.807, 2.05) is 29.0 Å². The predicted octanol–water partition coefficient (Wildman–Crippen LogP) is 3.42. The van der Waals surface area contributed by atoms with Crippen molar-refractivity contribution in [2.45, 2.75) is 24.7 Å². The molecule has 1 aliphatic heterocycles. The molecule has 0 atom stereocenters. The minimum atomic E-state index is -3.52. The molecule has 0 saturated carbocycles. The number of hydrogen-bond donors (Lipinski definition) is 0. The summed E-state index contributed by atoms with van der Waals surface area (Å²) in [6.07, 6.45) is 3.34. The lowest BCUT2D eigenvalue weighted by Gasteiger charge is -2.33. The van der Waals surface area contributed by atoms with Gasteiger partial charge in [-0.2, -0.15) is 15.6 Å². The second-order valence-electron chi connectivity index (χ2n) is 6.84. The van der Waals surface area contributed by atoms with Crippen LogP contribution >= 0.6 is 11.3 Å². The number of sulfonamides is 1. The number of thiophene rings is 1. The lowest BCUT2D eigenvalue weighted by molar-refractivity contribution is -0.127. The molecule has 0 spiro atoms. The van der Waals surface area contributed by atoms with Crippen LogP contribution in [0.25, 0.3) is 6.08 Å². The molecule has 1 aliphatic rings. The highest BCUT2D eigenvalue weighted by Gasteiger charge is 2.29. The van der Waals surface area contributed by atoms with E-state index in [1.165, 1.54) is 4.31 Å². The van der Waals surface area contributed by atoms with Crippen molar-refractivity contribution in [3.05, 3.63) is 58.3 Å². The summed E-state index contributed by atoms with van der Waals surface area (Å²) in [6.45, 7) is 5.57. The molecule has 3 rings (SSSR count). The van der Waals surface area contributed by atoms with Crippen LogP contribution in [0.2, 0.25) is 0 Å². The molecule has 0 bridgehead atoms. The van der Waals surface area contributed by atoms with E-state index in [4.69, 9.17) is 0 Å². The van der Waals surface area contributed by atoms with Gasteiger partial charge in [-0.3, -0.25) is 4.79 Å². The van der Waals surface area contributed by atoms with Crippen molar-refractivity contribution in [1.29, 1.82) is 0 Å². The van der Waals surface area contributed by atoms with Gasteiger partial charge in [0.05, 0.1) is 4.90 Å². The Balaban J connectivity index is 1.61. The number of benzene rings is 1. The van der Waals surface area contributed by atoms with Crippen molar-refractivity contribution >= 4 is 33.3 Å². The average molecular weight is 405 g/mol. The fourth-order valence-corrected chi connectivity index (χ4v) is 5.02. The van der Waals surface area contributed by atoms with Crippen LogP contribution < -0.4 is 0 Å². The molecule has 1 aromatic carbocycles. The van der Waals surface area contributed by atoms with Crippen LogP contribution in [0.4, 0.5) is 0 Å². The van der Waals surface area contributed by atoms with Crippen molar-refractivity contribution in [3.63, 3.8) is 0 Å². The second kappa shape index (κ2) is 8.37. The van der Waals surface area contributed by atoms with E-state index < -0.39 is 10.0 Å². The number of carbonyl (C=O) groups is 1.